The number of piperazine rings is 1. The fourth-order valence-corrected chi connectivity index (χ4v) is 3.09. The predicted octanol–water partition coefficient (Wildman–Crippen LogP) is 2.83. The van der Waals surface area contributed by atoms with Crippen LogP contribution in [-0.2, 0) is 0 Å². The Labute approximate surface area is 152 Å². The Hall–Kier alpha value is -2.18. The highest BCUT2D eigenvalue weighted by atomic mass is 35.5. The van der Waals surface area contributed by atoms with E-state index in [4.69, 9.17) is 11.6 Å². The Kier molecular flexibility index (Phi) is 5.50. The lowest BCUT2D eigenvalue weighted by Crippen LogP contribution is -2.46. The van der Waals surface area contributed by atoms with Gasteiger partial charge in [-0.15, -0.1) is 10.2 Å². The second kappa shape index (κ2) is 7.80. The summed E-state index contributed by atoms with van der Waals surface area (Å²) in [6.45, 7) is 9.04. The largest absolute Gasteiger partial charge is 0.353 e. The molecule has 1 aliphatic rings. The van der Waals surface area contributed by atoms with Gasteiger partial charge in [0.1, 0.15) is 0 Å². The van der Waals surface area contributed by atoms with Gasteiger partial charge in [0.15, 0.2) is 11.5 Å². The molecule has 0 radical (unpaired) electrons. The van der Waals surface area contributed by atoms with Crippen molar-refractivity contribution in [1.29, 1.82) is 0 Å². The predicted molar refractivity (Wildman–Crippen MR) is 101 cm³/mol. The molecule has 132 valence electrons. The smallest absolute Gasteiger partial charge is 0.276 e. The summed E-state index contributed by atoms with van der Waals surface area (Å²) in [7, 11) is 0. The number of aryl methyl sites for hydroxylation is 1. The van der Waals surface area contributed by atoms with Crippen molar-refractivity contribution < 1.29 is 4.79 Å². The first-order valence-corrected chi connectivity index (χ1v) is 8.83. The van der Waals surface area contributed by atoms with E-state index in [-0.39, 0.29) is 5.91 Å². The number of aromatic nitrogens is 2. The molecule has 2 aromatic rings. The van der Waals surface area contributed by atoms with Crippen molar-refractivity contribution in [3.8, 4) is 0 Å². The third-order valence-corrected chi connectivity index (χ3v) is 4.70. The lowest BCUT2D eigenvalue weighted by molar-refractivity contribution is 0.102. The van der Waals surface area contributed by atoms with Gasteiger partial charge in [0.2, 0.25) is 0 Å². The van der Waals surface area contributed by atoms with E-state index < -0.39 is 0 Å². The molecule has 0 aliphatic carbocycles. The summed E-state index contributed by atoms with van der Waals surface area (Å²) < 4.78 is 0. The van der Waals surface area contributed by atoms with Gasteiger partial charge in [0.05, 0.1) is 0 Å². The Balaban J connectivity index is 1.64. The molecule has 25 heavy (non-hydrogen) atoms. The zero-order valence-corrected chi connectivity index (χ0v) is 15.3. The van der Waals surface area contributed by atoms with E-state index in [0.29, 0.717) is 10.7 Å². The number of rotatable bonds is 4. The molecule has 0 bridgehead atoms. The first kappa shape index (κ1) is 17.6. The summed E-state index contributed by atoms with van der Waals surface area (Å²) in [4.78, 5) is 17.0. The SMILES string of the molecule is CCN1CCN(c2ccc(C(=O)Nc3ccc(Cl)cc3C)nn2)CC1. The van der Waals surface area contributed by atoms with E-state index in [1.54, 1.807) is 18.2 Å². The van der Waals surface area contributed by atoms with Gasteiger partial charge in [-0.3, -0.25) is 4.79 Å². The van der Waals surface area contributed by atoms with E-state index in [2.05, 4.69) is 32.2 Å². The molecule has 7 heteroatoms. The minimum atomic E-state index is -0.278. The lowest BCUT2D eigenvalue weighted by Gasteiger charge is -2.34. The molecule has 1 aromatic heterocycles. The highest BCUT2D eigenvalue weighted by Gasteiger charge is 2.18. The Morgan fingerprint density at radius 2 is 1.92 bits per heavy atom. The van der Waals surface area contributed by atoms with E-state index >= 15 is 0 Å². The first-order valence-electron chi connectivity index (χ1n) is 8.45. The highest BCUT2D eigenvalue weighted by molar-refractivity contribution is 6.30. The summed E-state index contributed by atoms with van der Waals surface area (Å²) in [5.74, 6) is 0.537. The van der Waals surface area contributed by atoms with E-state index in [0.717, 1.165) is 49.8 Å². The normalized spacial score (nSPS) is 15.2. The molecule has 3 rings (SSSR count). The molecule has 0 unspecified atom stereocenters. The quantitative estimate of drug-likeness (QED) is 0.909. The number of anilines is 2. The van der Waals surface area contributed by atoms with Crippen LogP contribution in [0.1, 0.15) is 23.0 Å². The van der Waals surface area contributed by atoms with Crippen LogP contribution in [0, 0.1) is 6.92 Å². The van der Waals surface area contributed by atoms with Gasteiger partial charge in [0.25, 0.3) is 5.91 Å². The van der Waals surface area contributed by atoms with Crippen LogP contribution in [0.5, 0.6) is 0 Å². The van der Waals surface area contributed by atoms with Gasteiger partial charge in [-0.05, 0) is 49.4 Å². The van der Waals surface area contributed by atoms with Crippen LogP contribution in [-0.4, -0.2) is 53.7 Å². The Bertz CT molecular complexity index is 742. The monoisotopic (exact) mass is 359 g/mol. The van der Waals surface area contributed by atoms with Crippen molar-refractivity contribution in [3.63, 3.8) is 0 Å². The second-order valence-electron chi connectivity index (χ2n) is 6.11. The summed E-state index contributed by atoms with van der Waals surface area (Å²) >= 11 is 5.94. The van der Waals surface area contributed by atoms with E-state index in [9.17, 15) is 4.79 Å². The molecule has 0 saturated carbocycles. The number of nitrogens with one attached hydrogen (secondary N) is 1. The maximum absolute atomic E-state index is 12.4. The minimum absolute atomic E-state index is 0.278. The van der Waals surface area contributed by atoms with Gasteiger partial charge in [0, 0.05) is 36.9 Å². The van der Waals surface area contributed by atoms with Crippen LogP contribution in [0.2, 0.25) is 5.02 Å². The molecule has 1 aromatic carbocycles. The van der Waals surface area contributed by atoms with Gasteiger partial charge < -0.3 is 15.1 Å². The van der Waals surface area contributed by atoms with Crippen LogP contribution >= 0.6 is 11.6 Å². The van der Waals surface area contributed by atoms with Gasteiger partial charge in [-0.2, -0.15) is 0 Å². The van der Waals surface area contributed by atoms with Crippen LogP contribution in [0.4, 0.5) is 11.5 Å². The van der Waals surface area contributed by atoms with Crippen molar-refractivity contribution in [3.05, 3.63) is 46.6 Å². The van der Waals surface area contributed by atoms with Crippen LogP contribution in [0.25, 0.3) is 0 Å². The molecule has 1 amide bonds. The molecule has 1 aliphatic heterocycles. The fourth-order valence-electron chi connectivity index (χ4n) is 2.86. The van der Waals surface area contributed by atoms with Gasteiger partial charge in [-0.25, -0.2) is 0 Å². The summed E-state index contributed by atoms with van der Waals surface area (Å²) in [6.07, 6.45) is 0. The van der Waals surface area contributed by atoms with Crippen LogP contribution < -0.4 is 10.2 Å². The zero-order valence-electron chi connectivity index (χ0n) is 14.5. The first-order chi connectivity index (χ1) is 12.1. The van der Waals surface area contributed by atoms with Gasteiger partial charge >= 0.3 is 0 Å². The second-order valence-corrected chi connectivity index (χ2v) is 6.55. The molecule has 1 fully saturated rings. The number of nitrogens with zero attached hydrogens (tertiary/aromatic N) is 4. The Morgan fingerprint density at radius 1 is 1.16 bits per heavy atom. The summed E-state index contributed by atoms with van der Waals surface area (Å²) in [5, 5.41) is 11.8. The number of likely N-dealkylation sites (N-methyl/N-ethyl adjacent to an activating group) is 1. The number of hydrogen-bond donors (Lipinski definition) is 1. The number of carbonyl (C=O) groups excluding carboxylic acids is 1. The number of benzene rings is 1. The fraction of sp³-hybridized carbons (Fsp3) is 0.389. The molecule has 1 saturated heterocycles. The van der Waals surface area contributed by atoms with Crippen molar-refractivity contribution in [1.82, 2.24) is 15.1 Å². The average molecular weight is 360 g/mol. The lowest BCUT2D eigenvalue weighted by atomic mass is 10.2. The van der Waals surface area contributed by atoms with E-state index in [1.807, 2.05) is 19.1 Å². The van der Waals surface area contributed by atoms with E-state index in [1.165, 1.54) is 0 Å². The number of hydrogen-bond acceptors (Lipinski definition) is 5. The van der Waals surface area contributed by atoms with Gasteiger partial charge in [-0.1, -0.05) is 18.5 Å². The average Bonchev–Trinajstić information content (AvgIpc) is 2.64. The Morgan fingerprint density at radius 3 is 2.52 bits per heavy atom. The topological polar surface area (TPSA) is 61.4 Å². The molecule has 0 spiro atoms. The summed E-state index contributed by atoms with van der Waals surface area (Å²) in [6, 6.07) is 8.91. The standard InChI is InChI=1S/C18H22ClN5O/c1-3-23-8-10-24(11-9-23)17-7-6-16(21-22-17)18(25)20-15-5-4-14(19)12-13(15)2/h4-7,12H,3,8-11H2,1-2H3,(H,20,25). The number of carbonyl (C=O) groups is 1. The van der Waals surface area contributed by atoms with Crippen molar-refractivity contribution in [2.45, 2.75) is 13.8 Å². The molecule has 0 atom stereocenters. The van der Waals surface area contributed by atoms with Crippen molar-refractivity contribution in [2.24, 2.45) is 0 Å². The maximum Gasteiger partial charge on any atom is 0.276 e. The molecule has 6 nitrogen and oxygen atoms in total. The third kappa shape index (κ3) is 4.27. The summed E-state index contributed by atoms with van der Waals surface area (Å²) in [5.41, 5.74) is 1.92. The molecule has 1 N–H and O–H groups in total. The molecule has 2 heterocycles. The molecular weight excluding hydrogens is 338 g/mol. The third-order valence-electron chi connectivity index (χ3n) is 4.46. The number of halogens is 1. The van der Waals surface area contributed by atoms with Crippen molar-refractivity contribution >= 4 is 29.0 Å². The molecular formula is C18H22ClN5O. The van der Waals surface area contributed by atoms with Crippen LogP contribution in [0.3, 0.4) is 0 Å². The van der Waals surface area contributed by atoms with Crippen molar-refractivity contribution in [2.75, 3.05) is 42.9 Å². The maximum atomic E-state index is 12.4. The highest BCUT2D eigenvalue weighted by Crippen LogP contribution is 2.20. The minimum Gasteiger partial charge on any atom is -0.353 e. The van der Waals surface area contributed by atoms with Crippen LogP contribution in [0.15, 0.2) is 30.3 Å². The number of amides is 1. The zero-order chi connectivity index (χ0) is 17.8.